The molecule has 0 spiro atoms. The SMILES string of the molecule is CCNCc1ccc(N(C)c2ccc(CC)cc2)cc1Cl. The Morgan fingerprint density at radius 1 is 1.00 bits per heavy atom. The van der Waals surface area contributed by atoms with E-state index in [4.69, 9.17) is 11.6 Å². The number of nitrogens with one attached hydrogen (secondary N) is 1. The smallest absolute Gasteiger partial charge is 0.0471 e. The number of hydrogen-bond acceptors (Lipinski definition) is 2. The summed E-state index contributed by atoms with van der Waals surface area (Å²) < 4.78 is 0. The Morgan fingerprint density at radius 3 is 2.24 bits per heavy atom. The molecule has 0 aliphatic rings. The first-order valence-corrected chi connectivity index (χ1v) is 7.85. The van der Waals surface area contributed by atoms with Gasteiger partial charge < -0.3 is 10.2 Å². The van der Waals surface area contributed by atoms with E-state index in [0.717, 1.165) is 35.8 Å². The lowest BCUT2D eigenvalue weighted by Crippen LogP contribution is -2.13. The van der Waals surface area contributed by atoms with Gasteiger partial charge >= 0.3 is 0 Å². The fraction of sp³-hybridized carbons (Fsp3) is 0.333. The van der Waals surface area contributed by atoms with Crippen molar-refractivity contribution in [3.05, 3.63) is 58.6 Å². The minimum atomic E-state index is 0.810. The van der Waals surface area contributed by atoms with E-state index in [2.05, 4.69) is 67.5 Å². The Morgan fingerprint density at radius 2 is 1.67 bits per heavy atom. The molecule has 0 aliphatic heterocycles. The maximum absolute atomic E-state index is 6.38. The van der Waals surface area contributed by atoms with Crippen LogP contribution in [0.15, 0.2) is 42.5 Å². The summed E-state index contributed by atoms with van der Waals surface area (Å²) in [5.41, 5.74) is 4.76. The molecule has 1 N–H and O–H groups in total. The van der Waals surface area contributed by atoms with Crippen LogP contribution >= 0.6 is 11.6 Å². The Balaban J connectivity index is 2.18. The van der Waals surface area contributed by atoms with Gasteiger partial charge in [-0.3, -0.25) is 0 Å². The Bertz CT molecular complexity index is 578. The molecular formula is C18H23ClN2. The Kier molecular flexibility index (Phi) is 5.66. The van der Waals surface area contributed by atoms with Gasteiger partial charge in [0.25, 0.3) is 0 Å². The fourth-order valence-corrected chi connectivity index (χ4v) is 2.49. The van der Waals surface area contributed by atoms with Crippen LogP contribution in [0, 0.1) is 0 Å². The molecule has 3 heteroatoms. The van der Waals surface area contributed by atoms with Crippen molar-refractivity contribution in [2.45, 2.75) is 26.8 Å². The maximum Gasteiger partial charge on any atom is 0.0471 e. The quantitative estimate of drug-likeness (QED) is 0.826. The average molecular weight is 303 g/mol. The van der Waals surface area contributed by atoms with Gasteiger partial charge in [0.1, 0.15) is 0 Å². The van der Waals surface area contributed by atoms with Gasteiger partial charge in [-0.15, -0.1) is 0 Å². The van der Waals surface area contributed by atoms with Crippen LogP contribution in [0.1, 0.15) is 25.0 Å². The van der Waals surface area contributed by atoms with Crippen LogP contribution in [0.25, 0.3) is 0 Å². The van der Waals surface area contributed by atoms with Gasteiger partial charge in [-0.25, -0.2) is 0 Å². The van der Waals surface area contributed by atoms with Gasteiger partial charge in [0.05, 0.1) is 0 Å². The van der Waals surface area contributed by atoms with Crippen molar-refractivity contribution >= 4 is 23.0 Å². The van der Waals surface area contributed by atoms with Crippen molar-refractivity contribution in [2.24, 2.45) is 0 Å². The highest BCUT2D eigenvalue weighted by Gasteiger charge is 2.07. The number of rotatable bonds is 6. The second kappa shape index (κ2) is 7.48. The van der Waals surface area contributed by atoms with E-state index >= 15 is 0 Å². The number of nitrogens with zero attached hydrogens (tertiary/aromatic N) is 1. The molecule has 0 atom stereocenters. The molecule has 2 rings (SSSR count). The predicted molar refractivity (Wildman–Crippen MR) is 92.7 cm³/mol. The number of benzene rings is 2. The van der Waals surface area contributed by atoms with Gasteiger partial charge in [-0.2, -0.15) is 0 Å². The molecule has 0 saturated heterocycles. The summed E-state index contributed by atoms with van der Waals surface area (Å²) in [6, 6.07) is 14.9. The van der Waals surface area contributed by atoms with E-state index in [1.165, 1.54) is 11.3 Å². The topological polar surface area (TPSA) is 15.3 Å². The third-order valence-electron chi connectivity index (χ3n) is 3.72. The molecule has 112 valence electrons. The van der Waals surface area contributed by atoms with Gasteiger partial charge in [-0.05, 0) is 48.4 Å². The molecule has 0 aliphatic carbocycles. The highest BCUT2D eigenvalue weighted by molar-refractivity contribution is 6.31. The van der Waals surface area contributed by atoms with Crippen LogP contribution in [-0.2, 0) is 13.0 Å². The van der Waals surface area contributed by atoms with Crippen LogP contribution < -0.4 is 10.2 Å². The number of anilines is 2. The lowest BCUT2D eigenvalue weighted by Gasteiger charge is -2.21. The molecule has 2 aromatic carbocycles. The number of hydrogen-bond donors (Lipinski definition) is 1. The van der Waals surface area contributed by atoms with E-state index < -0.39 is 0 Å². The normalized spacial score (nSPS) is 10.7. The van der Waals surface area contributed by atoms with Gasteiger partial charge in [0.2, 0.25) is 0 Å². The summed E-state index contributed by atoms with van der Waals surface area (Å²) in [6.07, 6.45) is 1.06. The van der Waals surface area contributed by atoms with Crippen LogP contribution in [0.4, 0.5) is 11.4 Å². The molecule has 0 amide bonds. The first-order valence-electron chi connectivity index (χ1n) is 7.47. The summed E-state index contributed by atoms with van der Waals surface area (Å²) in [5, 5.41) is 4.11. The van der Waals surface area contributed by atoms with Crippen LogP contribution in [0.2, 0.25) is 5.02 Å². The lowest BCUT2D eigenvalue weighted by atomic mass is 10.1. The highest BCUT2D eigenvalue weighted by atomic mass is 35.5. The summed E-state index contributed by atoms with van der Waals surface area (Å²) in [7, 11) is 2.07. The first-order chi connectivity index (χ1) is 10.2. The third-order valence-corrected chi connectivity index (χ3v) is 4.07. The number of aryl methyl sites for hydroxylation is 1. The highest BCUT2D eigenvalue weighted by Crippen LogP contribution is 2.28. The molecule has 0 saturated carbocycles. The van der Waals surface area contributed by atoms with Crippen molar-refractivity contribution in [1.82, 2.24) is 5.32 Å². The molecule has 0 fully saturated rings. The van der Waals surface area contributed by atoms with Gasteiger partial charge in [0, 0.05) is 30.0 Å². The van der Waals surface area contributed by atoms with Crippen molar-refractivity contribution in [3.8, 4) is 0 Å². The second-order valence-electron chi connectivity index (χ2n) is 5.14. The van der Waals surface area contributed by atoms with Crippen molar-refractivity contribution in [3.63, 3.8) is 0 Å². The molecule has 0 bridgehead atoms. The predicted octanol–water partition coefficient (Wildman–Crippen LogP) is 4.78. The molecule has 0 unspecified atom stereocenters. The molecule has 2 nitrogen and oxygen atoms in total. The largest absolute Gasteiger partial charge is 0.345 e. The van der Waals surface area contributed by atoms with E-state index in [1.807, 2.05) is 6.07 Å². The van der Waals surface area contributed by atoms with Crippen LogP contribution in [-0.4, -0.2) is 13.6 Å². The minimum Gasteiger partial charge on any atom is -0.345 e. The van der Waals surface area contributed by atoms with E-state index in [1.54, 1.807) is 0 Å². The van der Waals surface area contributed by atoms with Gasteiger partial charge in [0.15, 0.2) is 0 Å². The zero-order valence-electron chi connectivity index (χ0n) is 13.0. The maximum atomic E-state index is 6.38. The third kappa shape index (κ3) is 3.99. The van der Waals surface area contributed by atoms with E-state index in [0.29, 0.717) is 0 Å². The molecule has 21 heavy (non-hydrogen) atoms. The van der Waals surface area contributed by atoms with Crippen molar-refractivity contribution in [1.29, 1.82) is 0 Å². The van der Waals surface area contributed by atoms with E-state index in [9.17, 15) is 0 Å². The average Bonchev–Trinajstić information content (AvgIpc) is 2.53. The monoisotopic (exact) mass is 302 g/mol. The Labute approximate surface area is 132 Å². The van der Waals surface area contributed by atoms with Crippen molar-refractivity contribution in [2.75, 3.05) is 18.5 Å². The second-order valence-corrected chi connectivity index (χ2v) is 5.54. The van der Waals surface area contributed by atoms with Crippen LogP contribution in [0.5, 0.6) is 0 Å². The summed E-state index contributed by atoms with van der Waals surface area (Å²) in [5.74, 6) is 0. The van der Waals surface area contributed by atoms with Gasteiger partial charge in [-0.1, -0.05) is 43.6 Å². The summed E-state index contributed by atoms with van der Waals surface area (Å²) >= 11 is 6.38. The number of halogens is 1. The zero-order chi connectivity index (χ0) is 15.2. The summed E-state index contributed by atoms with van der Waals surface area (Å²) in [6.45, 7) is 6.02. The minimum absolute atomic E-state index is 0.810. The summed E-state index contributed by atoms with van der Waals surface area (Å²) in [4.78, 5) is 2.16. The van der Waals surface area contributed by atoms with E-state index in [-0.39, 0.29) is 0 Å². The molecule has 0 heterocycles. The molecule has 0 aromatic heterocycles. The Hall–Kier alpha value is -1.51. The molecule has 2 aromatic rings. The molecular weight excluding hydrogens is 280 g/mol. The van der Waals surface area contributed by atoms with Crippen molar-refractivity contribution < 1.29 is 0 Å². The lowest BCUT2D eigenvalue weighted by molar-refractivity contribution is 0.727. The zero-order valence-corrected chi connectivity index (χ0v) is 13.7. The molecule has 0 radical (unpaired) electrons. The van der Waals surface area contributed by atoms with Crippen LogP contribution in [0.3, 0.4) is 0 Å². The first kappa shape index (κ1) is 15.9. The standard InChI is InChI=1S/C18H23ClN2/c1-4-14-6-9-16(10-7-14)21(3)17-11-8-15(13-20-5-2)18(19)12-17/h6-12,20H,4-5,13H2,1-3H3. The fourth-order valence-electron chi connectivity index (χ4n) is 2.25.